The number of thiocarbonyl (C=S) groups is 1. The molecular formula is C10H19N5S. The highest BCUT2D eigenvalue weighted by Crippen LogP contribution is 2.16. The zero-order valence-electron chi connectivity index (χ0n) is 9.90. The van der Waals surface area contributed by atoms with E-state index in [9.17, 15) is 0 Å². The van der Waals surface area contributed by atoms with Crippen LogP contribution in [0.3, 0.4) is 0 Å². The van der Waals surface area contributed by atoms with Crippen molar-refractivity contribution >= 4 is 23.0 Å². The van der Waals surface area contributed by atoms with E-state index < -0.39 is 0 Å². The number of aromatic nitrogens is 2. The van der Waals surface area contributed by atoms with Crippen molar-refractivity contribution in [1.82, 2.24) is 14.9 Å². The normalized spacial score (nSPS) is 12.8. The van der Waals surface area contributed by atoms with Gasteiger partial charge in [0.05, 0.1) is 12.5 Å². The smallest absolute Gasteiger partial charge is 0.139 e. The van der Waals surface area contributed by atoms with Crippen LogP contribution in [0.1, 0.15) is 38.9 Å². The first-order valence-electron chi connectivity index (χ1n) is 5.36. The van der Waals surface area contributed by atoms with E-state index in [1.807, 2.05) is 25.3 Å². The quantitative estimate of drug-likeness (QED) is 0.541. The van der Waals surface area contributed by atoms with E-state index in [0.29, 0.717) is 16.5 Å². The van der Waals surface area contributed by atoms with Crippen molar-refractivity contribution in [2.75, 3.05) is 5.73 Å². The lowest BCUT2D eigenvalue weighted by atomic mass is 10.3. The number of nitrogens with one attached hydrogen (secondary N) is 1. The third kappa shape index (κ3) is 2.70. The van der Waals surface area contributed by atoms with Crippen molar-refractivity contribution in [3.63, 3.8) is 0 Å². The second kappa shape index (κ2) is 5.27. The molecule has 1 aromatic heterocycles. The van der Waals surface area contributed by atoms with Gasteiger partial charge in [0.2, 0.25) is 0 Å². The van der Waals surface area contributed by atoms with Crippen LogP contribution < -0.4 is 16.8 Å². The molecule has 1 aromatic rings. The number of hydrogen-bond donors (Lipinski definition) is 3. The zero-order valence-corrected chi connectivity index (χ0v) is 10.7. The molecule has 0 spiro atoms. The highest BCUT2D eigenvalue weighted by molar-refractivity contribution is 7.80. The van der Waals surface area contributed by atoms with Crippen LogP contribution in [-0.2, 0) is 0 Å². The molecule has 16 heavy (non-hydrogen) atoms. The first-order valence-corrected chi connectivity index (χ1v) is 5.76. The maximum atomic E-state index is 5.95. The van der Waals surface area contributed by atoms with Crippen LogP contribution in [0.4, 0.5) is 5.82 Å². The molecule has 0 saturated carbocycles. The van der Waals surface area contributed by atoms with Crippen molar-refractivity contribution in [3.8, 4) is 0 Å². The minimum absolute atomic E-state index is 0.156. The summed E-state index contributed by atoms with van der Waals surface area (Å²) in [6.45, 7) is 6.06. The molecule has 5 N–H and O–H groups in total. The van der Waals surface area contributed by atoms with Gasteiger partial charge >= 0.3 is 0 Å². The average Bonchev–Trinajstić information content (AvgIpc) is 2.59. The van der Waals surface area contributed by atoms with E-state index in [-0.39, 0.29) is 12.2 Å². The number of hydrogen-bond acceptors (Lipinski definition) is 4. The average molecular weight is 241 g/mol. The molecule has 1 rings (SSSR count). The Bertz CT molecular complexity index is 371. The van der Waals surface area contributed by atoms with Crippen LogP contribution in [0, 0.1) is 0 Å². The lowest BCUT2D eigenvalue weighted by Crippen LogP contribution is -2.40. The van der Waals surface area contributed by atoms with Crippen molar-refractivity contribution < 1.29 is 0 Å². The second-order valence-corrected chi connectivity index (χ2v) is 4.38. The molecule has 0 fully saturated rings. The lowest BCUT2D eigenvalue weighted by molar-refractivity contribution is 0.607. The molecule has 1 atom stereocenters. The fourth-order valence-electron chi connectivity index (χ4n) is 1.30. The second-order valence-electron chi connectivity index (χ2n) is 3.97. The molecule has 6 heteroatoms. The highest BCUT2D eigenvalue weighted by Gasteiger charge is 2.14. The van der Waals surface area contributed by atoms with Crippen molar-refractivity contribution in [2.24, 2.45) is 5.73 Å². The molecule has 1 heterocycles. The Balaban J connectivity index is 2.85. The van der Waals surface area contributed by atoms with Crippen molar-refractivity contribution in [2.45, 2.75) is 39.4 Å². The van der Waals surface area contributed by atoms with Gasteiger partial charge in [-0.15, -0.1) is 0 Å². The summed E-state index contributed by atoms with van der Waals surface area (Å²) in [5.74, 6) is 0.579. The Morgan fingerprint density at radius 1 is 1.62 bits per heavy atom. The van der Waals surface area contributed by atoms with Gasteiger partial charge in [-0.3, -0.25) is 0 Å². The summed E-state index contributed by atoms with van der Waals surface area (Å²) < 4.78 is 1.88. The molecule has 0 saturated heterocycles. The van der Waals surface area contributed by atoms with Crippen LogP contribution in [0.25, 0.3) is 0 Å². The summed E-state index contributed by atoms with van der Waals surface area (Å²) in [5.41, 5.74) is 12.3. The topological polar surface area (TPSA) is 81.9 Å². The standard InChI is InChI=1S/C10H19N5S/c1-4-7(11)14-10(16)8-9(12)15(5-13-8)6(2)3/h5-7H,4,11-12H2,1-3H3,(H,14,16). The third-order valence-electron chi connectivity index (χ3n) is 2.36. The van der Waals surface area contributed by atoms with E-state index in [0.717, 1.165) is 6.42 Å². The molecule has 0 radical (unpaired) electrons. The molecule has 1 unspecified atom stereocenters. The Morgan fingerprint density at radius 2 is 2.25 bits per heavy atom. The largest absolute Gasteiger partial charge is 0.383 e. The summed E-state index contributed by atoms with van der Waals surface area (Å²) >= 11 is 5.20. The summed E-state index contributed by atoms with van der Waals surface area (Å²) in [4.78, 5) is 4.71. The Morgan fingerprint density at radius 3 is 2.69 bits per heavy atom. The number of imidazole rings is 1. The number of nitrogens with two attached hydrogens (primary N) is 2. The van der Waals surface area contributed by atoms with Crippen molar-refractivity contribution in [3.05, 3.63) is 12.0 Å². The maximum absolute atomic E-state index is 5.95. The predicted molar refractivity (Wildman–Crippen MR) is 70.1 cm³/mol. The number of rotatable bonds is 4. The molecule has 0 bridgehead atoms. The van der Waals surface area contributed by atoms with E-state index in [4.69, 9.17) is 23.7 Å². The van der Waals surface area contributed by atoms with Gasteiger partial charge in [0.15, 0.2) is 0 Å². The molecule has 0 aliphatic heterocycles. The monoisotopic (exact) mass is 241 g/mol. The molecule has 0 aliphatic rings. The SMILES string of the molecule is CCC(N)NC(=S)c1ncn(C(C)C)c1N. The van der Waals surface area contributed by atoms with Gasteiger partial charge in [-0.25, -0.2) is 4.98 Å². The minimum atomic E-state index is -0.156. The first kappa shape index (κ1) is 12.9. The number of anilines is 1. The number of nitrogens with zero attached hydrogens (tertiary/aromatic N) is 2. The molecule has 90 valence electrons. The van der Waals surface area contributed by atoms with Crippen molar-refractivity contribution in [1.29, 1.82) is 0 Å². The van der Waals surface area contributed by atoms with Gasteiger partial charge in [0.25, 0.3) is 0 Å². The van der Waals surface area contributed by atoms with Gasteiger partial charge in [-0.2, -0.15) is 0 Å². The van der Waals surface area contributed by atoms with E-state index in [2.05, 4.69) is 10.3 Å². The van der Waals surface area contributed by atoms with Crippen LogP contribution in [0.15, 0.2) is 6.33 Å². The maximum Gasteiger partial charge on any atom is 0.139 e. The Labute approximate surface area is 101 Å². The Kier molecular flexibility index (Phi) is 4.26. The van der Waals surface area contributed by atoms with Gasteiger partial charge < -0.3 is 21.4 Å². The molecule has 0 amide bonds. The molecule has 0 aliphatic carbocycles. The zero-order chi connectivity index (χ0) is 12.3. The third-order valence-corrected chi connectivity index (χ3v) is 2.67. The van der Waals surface area contributed by atoms with Gasteiger partial charge in [-0.05, 0) is 20.3 Å². The predicted octanol–water partition coefficient (Wildman–Crippen LogP) is 1.01. The van der Waals surface area contributed by atoms with Gasteiger partial charge in [0.1, 0.15) is 16.5 Å². The summed E-state index contributed by atoms with van der Waals surface area (Å²) in [6.07, 6.45) is 2.34. The van der Waals surface area contributed by atoms with Gasteiger partial charge in [-0.1, -0.05) is 19.1 Å². The molecular weight excluding hydrogens is 222 g/mol. The van der Waals surface area contributed by atoms with E-state index in [1.165, 1.54) is 0 Å². The number of nitrogen functional groups attached to an aromatic ring is 1. The summed E-state index contributed by atoms with van der Waals surface area (Å²) in [7, 11) is 0. The van der Waals surface area contributed by atoms with Crippen LogP contribution in [0.2, 0.25) is 0 Å². The fourth-order valence-corrected chi connectivity index (χ4v) is 1.60. The lowest BCUT2D eigenvalue weighted by Gasteiger charge is -2.13. The molecule has 5 nitrogen and oxygen atoms in total. The van der Waals surface area contributed by atoms with E-state index in [1.54, 1.807) is 6.33 Å². The molecule has 0 aromatic carbocycles. The van der Waals surface area contributed by atoms with E-state index >= 15 is 0 Å². The highest BCUT2D eigenvalue weighted by atomic mass is 32.1. The minimum Gasteiger partial charge on any atom is -0.383 e. The van der Waals surface area contributed by atoms with Crippen LogP contribution in [0.5, 0.6) is 0 Å². The summed E-state index contributed by atoms with van der Waals surface area (Å²) in [5, 5.41) is 2.99. The summed E-state index contributed by atoms with van der Waals surface area (Å²) in [6, 6.07) is 0.267. The van der Waals surface area contributed by atoms with Crippen LogP contribution >= 0.6 is 12.2 Å². The Hall–Kier alpha value is -1.14. The van der Waals surface area contributed by atoms with Gasteiger partial charge in [0, 0.05) is 6.04 Å². The van der Waals surface area contributed by atoms with Crippen LogP contribution in [-0.4, -0.2) is 20.7 Å². The fraction of sp³-hybridized carbons (Fsp3) is 0.600. The first-order chi connectivity index (χ1) is 7.47.